The van der Waals surface area contributed by atoms with E-state index in [0.29, 0.717) is 28.5 Å². The van der Waals surface area contributed by atoms with Crippen LogP contribution in [0.15, 0.2) is 18.2 Å². The van der Waals surface area contributed by atoms with Gasteiger partial charge in [-0.15, -0.1) is 0 Å². The molecule has 2 aliphatic heterocycles. The van der Waals surface area contributed by atoms with E-state index in [2.05, 4.69) is 23.2 Å². The Hall–Kier alpha value is -1.24. The molecule has 3 nitrogen and oxygen atoms in total. The minimum Gasteiger partial charge on any atom is -0.367 e. The molecule has 2 aliphatic rings. The Morgan fingerprint density at radius 3 is 3.00 bits per heavy atom. The first kappa shape index (κ1) is 11.8. The molecule has 0 spiro atoms. The van der Waals surface area contributed by atoms with Gasteiger partial charge in [0.15, 0.2) is 0 Å². The van der Waals surface area contributed by atoms with Gasteiger partial charge in [0.1, 0.15) is 6.07 Å². The van der Waals surface area contributed by atoms with Crippen LogP contribution in [0.25, 0.3) is 0 Å². The predicted molar refractivity (Wildman–Crippen MR) is 72.8 cm³/mol. The fraction of sp³-hybridized carbons (Fsp3) is 0.500. The molecule has 3 atom stereocenters. The van der Waals surface area contributed by atoms with Crippen LogP contribution in [0.2, 0.25) is 5.02 Å². The molecule has 2 fully saturated rings. The number of halogens is 1. The van der Waals surface area contributed by atoms with Gasteiger partial charge in [-0.25, -0.2) is 0 Å². The number of hydrogen-bond acceptors (Lipinski definition) is 3. The lowest BCUT2D eigenvalue weighted by Crippen LogP contribution is -2.33. The number of nitrogens with zero attached hydrogens (tertiary/aromatic N) is 2. The van der Waals surface area contributed by atoms with Crippen LogP contribution in [-0.4, -0.2) is 25.7 Å². The molecule has 94 valence electrons. The number of nitrogens with one attached hydrogen (secondary N) is 1. The zero-order valence-corrected chi connectivity index (χ0v) is 11.1. The van der Waals surface area contributed by atoms with Crippen molar-refractivity contribution in [1.29, 1.82) is 5.26 Å². The van der Waals surface area contributed by atoms with Gasteiger partial charge in [0.2, 0.25) is 0 Å². The van der Waals surface area contributed by atoms with E-state index < -0.39 is 0 Å². The average Bonchev–Trinajstić information content (AvgIpc) is 2.93. The summed E-state index contributed by atoms with van der Waals surface area (Å²) in [5.74, 6) is 1.41. The second-order valence-electron chi connectivity index (χ2n) is 5.25. The Balaban J connectivity index is 1.94. The van der Waals surface area contributed by atoms with Crippen molar-refractivity contribution in [3.05, 3.63) is 28.8 Å². The summed E-state index contributed by atoms with van der Waals surface area (Å²) in [6.45, 7) is 5.49. The quantitative estimate of drug-likeness (QED) is 0.843. The molecule has 3 rings (SSSR count). The minimum atomic E-state index is 0.485. The SMILES string of the molecule is CC1C2CNCC2CN1c1ccc(Cl)cc1C#N. The second kappa shape index (κ2) is 4.46. The molecular formula is C14H16ClN3. The van der Waals surface area contributed by atoms with E-state index in [9.17, 15) is 5.26 Å². The van der Waals surface area contributed by atoms with Crippen molar-refractivity contribution in [2.24, 2.45) is 11.8 Å². The number of benzene rings is 1. The van der Waals surface area contributed by atoms with Gasteiger partial charge in [0, 0.05) is 30.7 Å². The summed E-state index contributed by atoms with van der Waals surface area (Å²) in [7, 11) is 0. The monoisotopic (exact) mass is 261 g/mol. The van der Waals surface area contributed by atoms with E-state index in [-0.39, 0.29) is 0 Å². The third-order valence-corrected chi connectivity index (χ3v) is 4.56. The van der Waals surface area contributed by atoms with Gasteiger partial charge in [-0.3, -0.25) is 0 Å². The molecule has 2 saturated heterocycles. The highest BCUT2D eigenvalue weighted by atomic mass is 35.5. The molecule has 18 heavy (non-hydrogen) atoms. The Labute approximate surface area is 112 Å². The molecule has 1 aromatic rings. The van der Waals surface area contributed by atoms with Crippen molar-refractivity contribution in [3.63, 3.8) is 0 Å². The van der Waals surface area contributed by atoms with E-state index in [1.165, 1.54) is 0 Å². The van der Waals surface area contributed by atoms with E-state index in [0.717, 1.165) is 25.3 Å². The summed E-state index contributed by atoms with van der Waals surface area (Å²) in [5.41, 5.74) is 1.71. The first-order valence-corrected chi connectivity index (χ1v) is 6.75. The largest absolute Gasteiger partial charge is 0.367 e. The van der Waals surface area contributed by atoms with Crippen LogP contribution >= 0.6 is 11.6 Å². The highest BCUT2D eigenvalue weighted by molar-refractivity contribution is 6.30. The van der Waals surface area contributed by atoms with Crippen LogP contribution in [0.1, 0.15) is 12.5 Å². The van der Waals surface area contributed by atoms with E-state index in [1.807, 2.05) is 12.1 Å². The lowest BCUT2D eigenvalue weighted by molar-refractivity contribution is 0.471. The first-order valence-electron chi connectivity index (χ1n) is 6.37. The molecule has 0 radical (unpaired) electrons. The van der Waals surface area contributed by atoms with Crippen LogP contribution in [0.3, 0.4) is 0 Å². The number of hydrogen-bond donors (Lipinski definition) is 1. The minimum absolute atomic E-state index is 0.485. The molecule has 2 heterocycles. The van der Waals surface area contributed by atoms with Gasteiger partial charge >= 0.3 is 0 Å². The third kappa shape index (κ3) is 1.77. The Morgan fingerprint density at radius 1 is 1.44 bits per heavy atom. The molecule has 3 unspecified atom stereocenters. The van der Waals surface area contributed by atoms with Crippen LogP contribution in [-0.2, 0) is 0 Å². The summed E-state index contributed by atoms with van der Waals surface area (Å²) in [6.07, 6.45) is 0. The van der Waals surface area contributed by atoms with E-state index in [4.69, 9.17) is 11.6 Å². The summed E-state index contributed by atoms with van der Waals surface area (Å²) < 4.78 is 0. The summed E-state index contributed by atoms with van der Waals surface area (Å²) in [6, 6.07) is 8.35. The maximum Gasteiger partial charge on any atom is 0.101 e. The van der Waals surface area contributed by atoms with Crippen molar-refractivity contribution < 1.29 is 0 Å². The third-order valence-electron chi connectivity index (χ3n) is 4.32. The zero-order valence-electron chi connectivity index (χ0n) is 10.4. The number of rotatable bonds is 1. The van der Waals surface area contributed by atoms with Gasteiger partial charge in [-0.05, 0) is 37.0 Å². The fourth-order valence-corrected chi connectivity index (χ4v) is 3.51. The summed E-state index contributed by atoms with van der Waals surface area (Å²) in [5, 5.41) is 13.3. The maximum absolute atomic E-state index is 9.24. The standard InChI is InChI=1S/C14H16ClN3/c1-9-13-7-17-6-11(13)8-18(9)14-3-2-12(15)4-10(14)5-16/h2-4,9,11,13,17H,6-8H2,1H3. The molecule has 0 bridgehead atoms. The molecule has 0 aliphatic carbocycles. The molecule has 1 aromatic carbocycles. The van der Waals surface area contributed by atoms with Crippen molar-refractivity contribution in [3.8, 4) is 6.07 Å². The van der Waals surface area contributed by atoms with Crippen molar-refractivity contribution in [2.45, 2.75) is 13.0 Å². The van der Waals surface area contributed by atoms with Crippen LogP contribution in [0, 0.1) is 23.2 Å². The van der Waals surface area contributed by atoms with Crippen LogP contribution < -0.4 is 10.2 Å². The Morgan fingerprint density at radius 2 is 2.28 bits per heavy atom. The van der Waals surface area contributed by atoms with E-state index in [1.54, 1.807) is 6.07 Å². The molecular weight excluding hydrogens is 246 g/mol. The highest BCUT2D eigenvalue weighted by Gasteiger charge is 2.42. The Bertz CT molecular complexity index is 508. The van der Waals surface area contributed by atoms with Gasteiger partial charge in [-0.2, -0.15) is 5.26 Å². The molecule has 0 aromatic heterocycles. The van der Waals surface area contributed by atoms with Crippen molar-refractivity contribution in [1.82, 2.24) is 5.32 Å². The predicted octanol–water partition coefficient (Wildman–Crippen LogP) is 2.26. The van der Waals surface area contributed by atoms with E-state index >= 15 is 0 Å². The highest BCUT2D eigenvalue weighted by Crippen LogP contribution is 2.37. The first-order chi connectivity index (χ1) is 8.70. The number of fused-ring (bicyclic) bond motifs is 1. The average molecular weight is 262 g/mol. The summed E-state index contributed by atoms with van der Waals surface area (Å²) in [4.78, 5) is 2.37. The molecule has 0 amide bonds. The van der Waals surface area contributed by atoms with Crippen molar-refractivity contribution >= 4 is 17.3 Å². The van der Waals surface area contributed by atoms with Crippen LogP contribution in [0.5, 0.6) is 0 Å². The van der Waals surface area contributed by atoms with Gasteiger partial charge in [0.05, 0.1) is 11.3 Å². The number of anilines is 1. The zero-order chi connectivity index (χ0) is 12.7. The molecule has 4 heteroatoms. The van der Waals surface area contributed by atoms with Gasteiger partial charge in [-0.1, -0.05) is 11.6 Å². The maximum atomic E-state index is 9.24. The van der Waals surface area contributed by atoms with Crippen LogP contribution in [0.4, 0.5) is 5.69 Å². The lowest BCUT2D eigenvalue weighted by atomic mass is 9.95. The molecule has 0 saturated carbocycles. The smallest absolute Gasteiger partial charge is 0.101 e. The fourth-order valence-electron chi connectivity index (χ4n) is 3.33. The molecule has 1 N–H and O–H groups in total. The Kier molecular flexibility index (Phi) is 2.93. The topological polar surface area (TPSA) is 39.1 Å². The summed E-state index contributed by atoms with van der Waals surface area (Å²) >= 11 is 5.95. The lowest BCUT2D eigenvalue weighted by Gasteiger charge is -2.27. The second-order valence-corrected chi connectivity index (χ2v) is 5.68. The van der Waals surface area contributed by atoms with Gasteiger partial charge in [0.25, 0.3) is 0 Å². The van der Waals surface area contributed by atoms with Crippen molar-refractivity contribution in [2.75, 3.05) is 24.5 Å². The number of nitriles is 1. The normalized spacial score (nSPS) is 30.3. The van der Waals surface area contributed by atoms with Gasteiger partial charge < -0.3 is 10.2 Å².